The average Bonchev–Trinajstić information content (AvgIpc) is 2.39. The minimum atomic E-state index is 0.611. The zero-order valence-corrected chi connectivity index (χ0v) is 12.9. The van der Waals surface area contributed by atoms with Crippen LogP contribution in [0.3, 0.4) is 0 Å². The third kappa shape index (κ3) is 6.74. The maximum Gasteiger partial charge on any atom is 0.0587 e. The van der Waals surface area contributed by atoms with Crippen LogP contribution < -0.4 is 5.32 Å². The summed E-state index contributed by atoms with van der Waals surface area (Å²) in [6.45, 7) is 9.49. The first kappa shape index (κ1) is 16.2. The highest BCUT2D eigenvalue weighted by Crippen LogP contribution is 2.23. The van der Waals surface area contributed by atoms with Gasteiger partial charge in [0, 0.05) is 20.2 Å². The van der Waals surface area contributed by atoms with Crippen molar-refractivity contribution in [3.63, 3.8) is 0 Å². The first-order valence-electron chi connectivity index (χ1n) is 7.39. The summed E-state index contributed by atoms with van der Waals surface area (Å²) in [5.41, 5.74) is 2.79. The molecule has 0 aliphatic carbocycles. The first-order chi connectivity index (χ1) is 9.13. The summed E-state index contributed by atoms with van der Waals surface area (Å²) in [7, 11) is 1.75. The van der Waals surface area contributed by atoms with Crippen molar-refractivity contribution in [3.05, 3.63) is 35.4 Å². The average molecular weight is 263 g/mol. The van der Waals surface area contributed by atoms with E-state index in [0.717, 1.165) is 25.6 Å². The molecule has 2 heteroatoms. The van der Waals surface area contributed by atoms with Crippen molar-refractivity contribution in [3.8, 4) is 0 Å². The summed E-state index contributed by atoms with van der Waals surface area (Å²) in [4.78, 5) is 0. The highest BCUT2D eigenvalue weighted by Gasteiger charge is 2.11. The van der Waals surface area contributed by atoms with E-state index < -0.39 is 0 Å². The maximum absolute atomic E-state index is 5.08. The van der Waals surface area contributed by atoms with E-state index in [-0.39, 0.29) is 0 Å². The van der Waals surface area contributed by atoms with Crippen LogP contribution >= 0.6 is 0 Å². The van der Waals surface area contributed by atoms with E-state index >= 15 is 0 Å². The predicted octanol–water partition coefficient (Wildman–Crippen LogP) is 3.75. The Morgan fingerprint density at radius 3 is 2.37 bits per heavy atom. The molecule has 0 bridgehead atoms. The van der Waals surface area contributed by atoms with Crippen LogP contribution in [0.25, 0.3) is 0 Å². The third-order valence-corrected chi connectivity index (χ3v) is 3.51. The van der Waals surface area contributed by atoms with Crippen LogP contribution in [0.1, 0.15) is 43.7 Å². The number of benzene rings is 1. The van der Waals surface area contributed by atoms with Crippen LogP contribution in [-0.4, -0.2) is 26.8 Å². The summed E-state index contributed by atoms with van der Waals surface area (Å²) in [6.07, 6.45) is 2.53. The number of methoxy groups -OCH3 is 1. The Hall–Kier alpha value is -0.860. The molecule has 19 heavy (non-hydrogen) atoms. The number of rotatable bonds is 9. The van der Waals surface area contributed by atoms with Gasteiger partial charge in [-0.05, 0) is 30.7 Å². The van der Waals surface area contributed by atoms with Crippen LogP contribution in [0, 0.1) is 12.8 Å². The van der Waals surface area contributed by atoms with E-state index in [1.54, 1.807) is 7.11 Å². The quantitative estimate of drug-likeness (QED) is 0.685. The van der Waals surface area contributed by atoms with E-state index in [1.807, 2.05) is 0 Å². The molecule has 0 saturated heterocycles. The molecule has 0 amide bonds. The lowest BCUT2D eigenvalue weighted by molar-refractivity contribution is 0.198. The van der Waals surface area contributed by atoms with Crippen LogP contribution in [0.2, 0.25) is 0 Å². The standard InChI is InChI=1S/C17H29NO/c1-14(2)5-8-17(13-18-11-12-19-4)16-9-6-15(3)7-10-16/h6-7,9-10,14,17-18H,5,8,11-13H2,1-4H3. The highest BCUT2D eigenvalue weighted by atomic mass is 16.5. The van der Waals surface area contributed by atoms with E-state index in [4.69, 9.17) is 4.74 Å². The van der Waals surface area contributed by atoms with Crippen molar-refractivity contribution >= 4 is 0 Å². The molecule has 0 saturated carbocycles. The lowest BCUT2D eigenvalue weighted by Gasteiger charge is -2.19. The Kier molecular flexibility index (Phi) is 7.76. The van der Waals surface area contributed by atoms with Gasteiger partial charge in [0.15, 0.2) is 0 Å². The molecule has 1 N–H and O–H groups in total. The SMILES string of the molecule is COCCNCC(CCC(C)C)c1ccc(C)cc1. The van der Waals surface area contributed by atoms with Crippen molar-refractivity contribution in [2.24, 2.45) is 5.92 Å². The van der Waals surface area contributed by atoms with E-state index in [0.29, 0.717) is 5.92 Å². The van der Waals surface area contributed by atoms with Gasteiger partial charge in [0.05, 0.1) is 6.61 Å². The summed E-state index contributed by atoms with van der Waals surface area (Å²) in [5.74, 6) is 1.38. The minimum Gasteiger partial charge on any atom is -0.383 e. The molecule has 1 aromatic rings. The second-order valence-corrected chi connectivity index (χ2v) is 5.78. The van der Waals surface area contributed by atoms with E-state index in [9.17, 15) is 0 Å². The van der Waals surface area contributed by atoms with Gasteiger partial charge in [-0.2, -0.15) is 0 Å². The highest BCUT2D eigenvalue weighted by molar-refractivity contribution is 5.24. The second-order valence-electron chi connectivity index (χ2n) is 5.78. The normalized spacial score (nSPS) is 12.9. The van der Waals surface area contributed by atoms with E-state index in [2.05, 4.69) is 50.4 Å². The predicted molar refractivity (Wildman–Crippen MR) is 82.7 cm³/mol. The van der Waals surface area contributed by atoms with Crippen LogP contribution in [0.4, 0.5) is 0 Å². The smallest absolute Gasteiger partial charge is 0.0587 e. The van der Waals surface area contributed by atoms with Gasteiger partial charge >= 0.3 is 0 Å². The molecule has 0 aliphatic heterocycles. The number of nitrogens with one attached hydrogen (secondary N) is 1. The molecular weight excluding hydrogens is 234 g/mol. The Morgan fingerprint density at radius 1 is 1.11 bits per heavy atom. The Bertz CT molecular complexity index is 332. The second kappa shape index (κ2) is 9.11. The van der Waals surface area contributed by atoms with Crippen molar-refractivity contribution in [2.75, 3.05) is 26.8 Å². The van der Waals surface area contributed by atoms with Gasteiger partial charge in [-0.1, -0.05) is 50.1 Å². The zero-order valence-electron chi connectivity index (χ0n) is 12.9. The Balaban J connectivity index is 2.54. The van der Waals surface area contributed by atoms with Gasteiger partial charge in [-0.25, -0.2) is 0 Å². The number of hydrogen-bond donors (Lipinski definition) is 1. The molecule has 1 aromatic carbocycles. The molecule has 0 spiro atoms. The van der Waals surface area contributed by atoms with Crippen LogP contribution in [-0.2, 0) is 4.74 Å². The van der Waals surface area contributed by atoms with Crippen LogP contribution in [0.5, 0.6) is 0 Å². The van der Waals surface area contributed by atoms with Gasteiger partial charge < -0.3 is 10.1 Å². The fourth-order valence-electron chi connectivity index (χ4n) is 2.21. The third-order valence-electron chi connectivity index (χ3n) is 3.51. The molecule has 0 fully saturated rings. The zero-order chi connectivity index (χ0) is 14.1. The number of hydrogen-bond acceptors (Lipinski definition) is 2. The summed E-state index contributed by atoms with van der Waals surface area (Å²) in [5, 5.41) is 3.50. The minimum absolute atomic E-state index is 0.611. The lowest BCUT2D eigenvalue weighted by Crippen LogP contribution is -2.25. The first-order valence-corrected chi connectivity index (χ1v) is 7.39. The Morgan fingerprint density at radius 2 is 1.79 bits per heavy atom. The largest absolute Gasteiger partial charge is 0.383 e. The van der Waals surface area contributed by atoms with Crippen molar-refractivity contribution < 1.29 is 4.74 Å². The molecular formula is C17H29NO. The Labute approximate surface area is 118 Å². The fourth-order valence-corrected chi connectivity index (χ4v) is 2.21. The van der Waals surface area contributed by atoms with E-state index in [1.165, 1.54) is 24.0 Å². The lowest BCUT2D eigenvalue weighted by atomic mass is 9.91. The molecule has 0 heterocycles. The van der Waals surface area contributed by atoms with Crippen molar-refractivity contribution in [1.29, 1.82) is 0 Å². The van der Waals surface area contributed by atoms with Crippen molar-refractivity contribution in [2.45, 2.75) is 39.5 Å². The van der Waals surface area contributed by atoms with Gasteiger partial charge in [-0.3, -0.25) is 0 Å². The maximum atomic E-state index is 5.08. The molecule has 1 rings (SSSR count). The number of ether oxygens (including phenoxy) is 1. The molecule has 0 aliphatic rings. The van der Waals surface area contributed by atoms with Gasteiger partial charge in [0.25, 0.3) is 0 Å². The topological polar surface area (TPSA) is 21.3 Å². The molecule has 0 aromatic heterocycles. The molecule has 108 valence electrons. The van der Waals surface area contributed by atoms with Gasteiger partial charge in [-0.15, -0.1) is 0 Å². The molecule has 0 radical (unpaired) electrons. The molecule has 2 nitrogen and oxygen atoms in total. The van der Waals surface area contributed by atoms with Gasteiger partial charge in [0.2, 0.25) is 0 Å². The fraction of sp³-hybridized carbons (Fsp3) is 0.647. The summed E-state index contributed by atoms with van der Waals surface area (Å²) < 4.78 is 5.08. The van der Waals surface area contributed by atoms with Crippen LogP contribution in [0.15, 0.2) is 24.3 Å². The van der Waals surface area contributed by atoms with Crippen molar-refractivity contribution in [1.82, 2.24) is 5.32 Å². The molecule has 1 atom stereocenters. The van der Waals surface area contributed by atoms with Gasteiger partial charge in [0.1, 0.15) is 0 Å². The summed E-state index contributed by atoms with van der Waals surface area (Å²) in [6, 6.07) is 8.98. The summed E-state index contributed by atoms with van der Waals surface area (Å²) >= 11 is 0. The molecule has 1 unspecified atom stereocenters. The number of aryl methyl sites for hydroxylation is 1. The monoisotopic (exact) mass is 263 g/mol.